The maximum atomic E-state index is 13.1. The summed E-state index contributed by atoms with van der Waals surface area (Å²) in [6.07, 6.45) is 0. The number of nitrogens with zero attached hydrogens (tertiary/aromatic N) is 2. The molecule has 2 aromatic carbocycles. The second-order valence-electron chi connectivity index (χ2n) is 7.53. The minimum Gasteiger partial charge on any atom is -0.478 e. The maximum absolute atomic E-state index is 13.1. The smallest absolute Gasteiger partial charge is 0.269 e. The minimum absolute atomic E-state index is 0.236. The molecular formula is C22H22ClN3O2S. The van der Waals surface area contributed by atoms with E-state index in [1.54, 1.807) is 49.9 Å². The number of anilines is 1. The van der Waals surface area contributed by atoms with E-state index in [-0.39, 0.29) is 5.91 Å². The zero-order valence-electron chi connectivity index (χ0n) is 16.5. The molecule has 7 heteroatoms. The van der Waals surface area contributed by atoms with Gasteiger partial charge in [-0.15, -0.1) is 0 Å². The molecule has 0 saturated carbocycles. The Morgan fingerprint density at radius 2 is 1.83 bits per heavy atom. The molecule has 0 saturated heterocycles. The number of halogens is 1. The largest absolute Gasteiger partial charge is 0.478 e. The van der Waals surface area contributed by atoms with E-state index >= 15 is 0 Å². The molecule has 1 aliphatic rings. The number of hydrogen-bond acceptors (Lipinski definition) is 4. The molecule has 1 aliphatic heterocycles. The molecule has 0 unspecified atom stereocenters. The van der Waals surface area contributed by atoms with Crippen LogP contribution in [0, 0.1) is 6.92 Å². The van der Waals surface area contributed by atoms with Crippen LogP contribution >= 0.6 is 23.4 Å². The zero-order chi connectivity index (χ0) is 20.6. The Morgan fingerprint density at radius 1 is 1.14 bits per heavy atom. The Hall–Kier alpha value is -2.44. The lowest BCUT2D eigenvalue weighted by atomic mass is 10.1. The fourth-order valence-electron chi connectivity index (χ4n) is 3.12. The third-order valence-electron chi connectivity index (χ3n) is 4.80. The number of nitrogens with one attached hydrogen (secondary N) is 1. The number of benzene rings is 2. The van der Waals surface area contributed by atoms with Crippen LogP contribution in [0.3, 0.4) is 0 Å². The first-order valence-corrected chi connectivity index (χ1v) is 10.9. The second-order valence-corrected chi connectivity index (χ2v) is 8.96. The summed E-state index contributed by atoms with van der Waals surface area (Å²) in [5, 5.41) is 8.44. The number of aryl methyl sites for hydroxylation is 1. The van der Waals surface area contributed by atoms with Gasteiger partial charge < -0.3 is 10.1 Å². The molecule has 0 bridgehead atoms. The van der Waals surface area contributed by atoms with Crippen molar-refractivity contribution in [1.82, 2.24) is 9.78 Å². The average Bonchev–Trinajstić information content (AvgIpc) is 3.27. The number of carbonyl (C=O) groups excluding carboxylic acids is 1. The molecule has 0 aliphatic carbocycles. The molecule has 0 radical (unpaired) electrons. The van der Waals surface area contributed by atoms with Gasteiger partial charge in [-0.1, -0.05) is 29.3 Å². The number of amides is 1. The van der Waals surface area contributed by atoms with Gasteiger partial charge in [0, 0.05) is 22.1 Å². The maximum Gasteiger partial charge on any atom is 0.269 e. The van der Waals surface area contributed by atoms with Crippen molar-refractivity contribution >= 4 is 35.1 Å². The molecular weight excluding hydrogens is 406 g/mol. The fraction of sp³-hybridized carbons (Fsp3) is 0.273. The normalized spacial score (nSPS) is 13.2. The van der Waals surface area contributed by atoms with Gasteiger partial charge in [-0.3, -0.25) is 4.79 Å². The highest BCUT2D eigenvalue weighted by atomic mass is 35.5. The quantitative estimate of drug-likeness (QED) is 0.594. The van der Waals surface area contributed by atoms with Gasteiger partial charge in [-0.2, -0.15) is 16.9 Å². The third-order valence-corrected chi connectivity index (χ3v) is 6.02. The van der Waals surface area contributed by atoms with Crippen LogP contribution in [-0.2, 0) is 16.3 Å². The van der Waals surface area contributed by atoms with Gasteiger partial charge in [0.2, 0.25) is 0 Å². The van der Waals surface area contributed by atoms with E-state index in [4.69, 9.17) is 21.4 Å². The van der Waals surface area contributed by atoms with Gasteiger partial charge >= 0.3 is 0 Å². The summed E-state index contributed by atoms with van der Waals surface area (Å²) in [6.45, 7) is 5.54. The Balaban J connectivity index is 1.62. The summed E-state index contributed by atoms with van der Waals surface area (Å²) in [7, 11) is 0. The first kappa shape index (κ1) is 19.9. The second kappa shape index (κ2) is 7.76. The molecule has 150 valence electrons. The van der Waals surface area contributed by atoms with Crippen molar-refractivity contribution in [3.63, 3.8) is 0 Å². The Morgan fingerprint density at radius 3 is 2.52 bits per heavy atom. The van der Waals surface area contributed by atoms with Crippen LogP contribution in [0.1, 0.15) is 30.7 Å². The molecule has 29 heavy (non-hydrogen) atoms. The highest BCUT2D eigenvalue weighted by Gasteiger charge is 2.33. The monoisotopic (exact) mass is 427 g/mol. The van der Waals surface area contributed by atoms with Crippen LogP contribution in [0.5, 0.6) is 5.75 Å². The minimum atomic E-state index is -1.07. The van der Waals surface area contributed by atoms with Gasteiger partial charge in [0.25, 0.3) is 5.91 Å². The molecule has 0 spiro atoms. The van der Waals surface area contributed by atoms with Gasteiger partial charge in [-0.05, 0) is 57.2 Å². The van der Waals surface area contributed by atoms with E-state index in [2.05, 4.69) is 5.32 Å². The standard InChI is InChI=1S/C22H22ClN3O2S/c1-14-4-8-16(9-5-14)26-20(18-12-29-13-19(18)25-26)24-21(27)22(2,3)28-17-10-6-15(23)7-11-17/h4-11H,12-13H2,1-3H3,(H,24,27). The zero-order valence-corrected chi connectivity index (χ0v) is 18.1. The highest BCUT2D eigenvalue weighted by molar-refractivity contribution is 7.98. The van der Waals surface area contributed by atoms with Crippen molar-refractivity contribution in [2.75, 3.05) is 5.32 Å². The summed E-state index contributed by atoms with van der Waals surface area (Å²) in [5.74, 6) is 2.74. The molecule has 5 nitrogen and oxygen atoms in total. The third kappa shape index (κ3) is 4.14. The van der Waals surface area contributed by atoms with Crippen molar-refractivity contribution in [3.8, 4) is 11.4 Å². The molecule has 1 N–H and O–H groups in total. The van der Waals surface area contributed by atoms with Crippen LogP contribution in [0.15, 0.2) is 48.5 Å². The first-order valence-electron chi connectivity index (χ1n) is 9.35. The Bertz CT molecular complexity index is 1040. The molecule has 4 rings (SSSR count). The number of rotatable bonds is 5. The van der Waals surface area contributed by atoms with E-state index in [1.165, 1.54) is 5.56 Å². The molecule has 3 aromatic rings. The van der Waals surface area contributed by atoms with Crippen molar-refractivity contribution < 1.29 is 9.53 Å². The number of thioether (sulfide) groups is 1. The summed E-state index contributed by atoms with van der Waals surface area (Å²) in [4.78, 5) is 13.1. The van der Waals surface area contributed by atoms with Crippen LogP contribution in [0.25, 0.3) is 5.69 Å². The average molecular weight is 428 g/mol. The van der Waals surface area contributed by atoms with Crippen molar-refractivity contribution in [1.29, 1.82) is 0 Å². The number of ether oxygens (including phenoxy) is 1. The predicted molar refractivity (Wildman–Crippen MR) is 118 cm³/mol. The summed E-state index contributed by atoms with van der Waals surface area (Å²) >= 11 is 7.73. The highest BCUT2D eigenvalue weighted by Crippen LogP contribution is 2.36. The lowest BCUT2D eigenvalue weighted by Gasteiger charge is -2.25. The first-order chi connectivity index (χ1) is 13.8. The molecule has 2 heterocycles. The van der Waals surface area contributed by atoms with Crippen molar-refractivity contribution in [2.24, 2.45) is 0 Å². The Kier molecular flexibility index (Phi) is 5.32. The van der Waals surface area contributed by atoms with Gasteiger partial charge in [0.05, 0.1) is 11.4 Å². The number of hydrogen-bond donors (Lipinski definition) is 1. The van der Waals surface area contributed by atoms with E-state index < -0.39 is 5.60 Å². The van der Waals surface area contributed by atoms with Gasteiger partial charge in [0.15, 0.2) is 5.60 Å². The van der Waals surface area contributed by atoms with Crippen molar-refractivity contribution in [3.05, 3.63) is 70.4 Å². The van der Waals surface area contributed by atoms with Crippen LogP contribution in [0.2, 0.25) is 5.02 Å². The lowest BCUT2D eigenvalue weighted by Crippen LogP contribution is -2.43. The van der Waals surface area contributed by atoms with E-state index in [1.807, 2.05) is 35.9 Å². The topological polar surface area (TPSA) is 56.2 Å². The van der Waals surface area contributed by atoms with Crippen LogP contribution in [-0.4, -0.2) is 21.3 Å². The fourth-order valence-corrected chi connectivity index (χ4v) is 4.28. The van der Waals surface area contributed by atoms with Crippen LogP contribution < -0.4 is 10.1 Å². The van der Waals surface area contributed by atoms with Gasteiger partial charge in [0.1, 0.15) is 11.6 Å². The number of carbonyl (C=O) groups is 1. The molecule has 0 fully saturated rings. The number of fused-ring (bicyclic) bond motifs is 1. The summed E-state index contributed by atoms with van der Waals surface area (Å²) in [5.41, 5.74) is 3.11. The molecule has 1 amide bonds. The van der Waals surface area contributed by atoms with Gasteiger partial charge in [-0.25, -0.2) is 4.68 Å². The van der Waals surface area contributed by atoms with E-state index in [9.17, 15) is 4.79 Å². The van der Waals surface area contributed by atoms with E-state index in [0.717, 1.165) is 28.5 Å². The van der Waals surface area contributed by atoms with Crippen molar-refractivity contribution in [2.45, 2.75) is 37.9 Å². The predicted octanol–water partition coefficient (Wildman–Crippen LogP) is 5.38. The summed E-state index contributed by atoms with van der Waals surface area (Å²) in [6, 6.07) is 15.1. The molecule has 0 atom stereocenters. The number of aromatic nitrogens is 2. The SMILES string of the molecule is Cc1ccc(-n2nc3c(c2NC(=O)C(C)(C)Oc2ccc(Cl)cc2)CSC3)cc1. The summed E-state index contributed by atoms with van der Waals surface area (Å²) < 4.78 is 7.76. The van der Waals surface area contributed by atoms with E-state index in [0.29, 0.717) is 16.6 Å². The Labute approximate surface area is 179 Å². The lowest BCUT2D eigenvalue weighted by molar-refractivity contribution is -0.128. The molecule has 1 aromatic heterocycles. The van der Waals surface area contributed by atoms with Crippen LogP contribution in [0.4, 0.5) is 5.82 Å².